The maximum atomic E-state index is 14.4. The highest BCUT2D eigenvalue weighted by atomic mass is 31.2. The number of fused-ring (bicyclic) bond motifs is 2. The van der Waals surface area contributed by atoms with Crippen LogP contribution in [-0.4, -0.2) is 68.6 Å². The average Bonchev–Trinajstić information content (AvgIpc) is 3.24. The molecule has 2 aliphatic rings. The first-order valence-corrected chi connectivity index (χ1v) is 16.0. The molecule has 0 spiro atoms. The van der Waals surface area contributed by atoms with Gasteiger partial charge in [0.05, 0.1) is 12.3 Å². The Kier molecular flexibility index (Phi) is 8.91. The number of para-hydroxylation sites is 1. The summed E-state index contributed by atoms with van der Waals surface area (Å²) in [5, 5.41) is 6.89. The van der Waals surface area contributed by atoms with Crippen LogP contribution >= 0.6 is 7.75 Å². The summed E-state index contributed by atoms with van der Waals surface area (Å²) in [4.78, 5) is 41.7. The van der Waals surface area contributed by atoms with Gasteiger partial charge in [0.15, 0.2) is 11.9 Å². The van der Waals surface area contributed by atoms with Crippen molar-refractivity contribution in [3.63, 3.8) is 0 Å². The molecule has 2 fully saturated rings. The monoisotopic (exact) mass is 645 g/mol. The number of carbonyl (C=O) groups excluding carboxylic acids is 3. The predicted molar refractivity (Wildman–Crippen MR) is 158 cm³/mol. The van der Waals surface area contributed by atoms with E-state index in [-0.39, 0.29) is 18.2 Å². The van der Waals surface area contributed by atoms with Crippen LogP contribution in [0.15, 0.2) is 48.8 Å². The number of nitrogen functional groups attached to an aromatic ring is 1. The molecule has 0 amide bonds. The van der Waals surface area contributed by atoms with E-state index in [1.165, 1.54) is 31.6 Å². The van der Waals surface area contributed by atoms with Crippen molar-refractivity contribution in [2.24, 2.45) is 0 Å². The van der Waals surface area contributed by atoms with Gasteiger partial charge in [0.1, 0.15) is 41.4 Å². The van der Waals surface area contributed by atoms with Crippen LogP contribution in [0.25, 0.3) is 5.52 Å². The molecule has 3 heterocycles. The van der Waals surface area contributed by atoms with Crippen LogP contribution < -0.4 is 15.3 Å². The average molecular weight is 646 g/mol. The Morgan fingerprint density at radius 2 is 1.89 bits per heavy atom. The van der Waals surface area contributed by atoms with Crippen molar-refractivity contribution in [1.82, 2.24) is 19.7 Å². The first-order valence-electron chi connectivity index (χ1n) is 14.5. The van der Waals surface area contributed by atoms with Gasteiger partial charge in [0, 0.05) is 13.8 Å². The lowest BCUT2D eigenvalue weighted by atomic mass is 10.0. The zero-order valence-electron chi connectivity index (χ0n) is 25.5. The second-order valence-corrected chi connectivity index (χ2v) is 12.7. The molecular formula is C29H36N5O10P. The number of rotatable bonds is 13. The van der Waals surface area contributed by atoms with Gasteiger partial charge in [-0.05, 0) is 44.5 Å². The molecule has 0 radical (unpaired) electrons. The largest absolute Gasteiger partial charge is 0.465 e. The number of nitrogens with one attached hydrogen (secondary N) is 1. The molecule has 242 valence electrons. The number of carbonyl (C=O) groups is 3. The van der Waals surface area contributed by atoms with Gasteiger partial charge in [0.25, 0.3) is 0 Å². The highest BCUT2D eigenvalue weighted by Crippen LogP contribution is 2.70. The van der Waals surface area contributed by atoms with Crippen LogP contribution in [0.3, 0.4) is 0 Å². The zero-order valence-corrected chi connectivity index (χ0v) is 26.4. The quantitative estimate of drug-likeness (QED) is 0.119. The van der Waals surface area contributed by atoms with Crippen molar-refractivity contribution >= 4 is 37.0 Å². The number of hydrogen-bond donors (Lipinski definition) is 2. The summed E-state index contributed by atoms with van der Waals surface area (Å²) in [5.41, 5.74) is 3.63. The highest BCUT2D eigenvalue weighted by molar-refractivity contribution is 7.52. The van der Waals surface area contributed by atoms with Crippen LogP contribution in [0.5, 0.6) is 5.75 Å². The summed E-state index contributed by atoms with van der Waals surface area (Å²) in [5.74, 6) is -1.73. The van der Waals surface area contributed by atoms with Gasteiger partial charge in [-0.25, -0.2) is 14.1 Å². The Balaban J connectivity index is 1.51. The van der Waals surface area contributed by atoms with E-state index in [0.717, 1.165) is 6.42 Å². The van der Waals surface area contributed by atoms with Crippen molar-refractivity contribution < 1.29 is 46.9 Å². The number of unbranched alkanes of at least 4 members (excludes halogenated alkanes) is 1. The molecule has 1 aromatic carbocycles. The summed E-state index contributed by atoms with van der Waals surface area (Å²) in [6, 6.07) is 10.4. The van der Waals surface area contributed by atoms with Crippen LogP contribution in [0.1, 0.15) is 59.3 Å². The maximum absolute atomic E-state index is 14.4. The molecule has 3 aromatic rings. The first kappa shape index (κ1) is 32.4. The molecule has 3 N–H and O–H groups in total. The van der Waals surface area contributed by atoms with E-state index in [1.54, 1.807) is 49.4 Å². The number of anilines is 1. The molecule has 7 atom stereocenters. The molecule has 1 saturated heterocycles. The molecular weight excluding hydrogens is 609 g/mol. The van der Waals surface area contributed by atoms with E-state index in [0.29, 0.717) is 17.6 Å². The standard InChI is InChI=1S/C29H36N5O10P/c1-6-7-15-39-26(37)17(2)33-45(38,43-20-11-9-8-10-12-20)44-27-28(5)29(27,41-19(4)36)24(40-18(3)35)23(42-28)21-13-14-22-25(30)31-16-32-34(21)22/h8-14,16-17,23-24,27H,6-7,15H2,1-5H3,(H,33,38)(H2,30,31,32)/t17-,23-,24-,27?,28+,29+,45+/m0/s1. The minimum atomic E-state index is -4.46. The van der Waals surface area contributed by atoms with Crippen LogP contribution in [0.2, 0.25) is 0 Å². The number of esters is 3. The highest BCUT2D eigenvalue weighted by Gasteiger charge is 2.91. The van der Waals surface area contributed by atoms with Crippen LogP contribution in [0, 0.1) is 0 Å². The van der Waals surface area contributed by atoms with Gasteiger partial charge in [-0.15, -0.1) is 0 Å². The molecule has 2 aromatic heterocycles. The van der Waals surface area contributed by atoms with Gasteiger partial charge in [0.2, 0.25) is 5.60 Å². The summed E-state index contributed by atoms with van der Waals surface area (Å²) in [6.07, 6.45) is -0.865. The minimum Gasteiger partial charge on any atom is -0.465 e. The molecule has 1 unspecified atom stereocenters. The van der Waals surface area contributed by atoms with E-state index in [1.807, 2.05) is 6.92 Å². The third kappa shape index (κ3) is 6.00. The lowest BCUT2D eigenvalue weighted by Gasteiger charge is -2.30. The normalized spacial score (nSPS) is 27.2. The zero-order chi connectivity index (χ0) is 32.6. The number of hydrogen-bond acceptors (Lipinski definition) is 13. The first-order chi connectivity index (χ1) is 21.3. The number of nitrogens with two attached hydrogens (primary N) is 1. The minimum absolute atomic E-state index is 0.171. The van der Waals surface area contributed by atoms with Crippen LogP contribution in [-0.2, 0) is 42.4 Å². The molecule has 15 nitrogen and oxygen atoms in total. The molecule has 1 saturated carbocycles. The lowest BCUT2D eigenvalue weighted by Crippen LogP contribution is -2.43. The lowest BCUT2D eigenvalue weighted by molar-refractivity contribution is -0.174. The third-order valence-corrected chi connectivity index (χ3v) is 9.36. The van der Waals surface area contributed by atoms with Gasteiger partial charge in [-0.2, -0.15) is 10.2 Å². The maximum Gasteiger partial charge on any atom is 0.459 e. The van der Waals surface area contributed by atoms with Crippen molar-refractivity contribution in [2.75, 3.05) is 12.3 Å². The van der Waals surface area contributed by atoms with Crippen molar-refractivity contribution in [3.8, 4) is 5.75 Å². The van der Waals surface area contributed by atoms with E-state index in [9.17, 15) is 18.9 Å². The van der Waals surface area contributed by atoms with Crippen molar-refractivity contribution in [3.05, 3.63) is 54.5 Å². The summed E-state index contributed by atoms with van der Waals surface area (Å²) in [7, 11) is -4.46. The second-order valence-electron chi connectivity index (χ2n) is 11.0. The molecule has 45 heavy (non-hydrogen) atoms. The molecule has 0 bridgehead atoms. The number of aromatic nitrogens is 3. The number of nitrogens with zero attached hydrogens (tertiary/aromatic N) is 3. The molecule has 1 aliphatic carbocycles. The summed E-state index contributed by atoms with van der Waals surface area (Å²) in [6.45, 7) is 7.54. The Bertz CT molecular complexity index is 1640. The van der Waals surface area contributed by atoms with E-state index in [2.05, 4.69) is 15.2 Å². The third-order valence-electron chi connectivity index (χ3n) is 7.72. The Hall–Kier alpha value is -4.04. The van der Waals surface area contributed by atoms with Crippen molar-refractivity contribution in [2.45, 2.75) is 83.0 Å². The Labute approximate surface area is 259 Å². The van der Waals surface area contributed by atoms with Gasteiger partial charge >= 0.3 is 25.7 Å². The fourth-order valence-corrected chi connectivity index (χ4v) is 7.39. The van der Waals surface area contributed by atoms with E-state index < -0.39 is 61.2 Å². The molecule has 5 rings (SSSR count). The fraction of sp³-hybridized carbons (Fsp3) is 0.483. The van der Waals surface area contributed by atoms with Crippen molar-refractivity contribution in [1.29, 1.82) is 0 Å². The SMILES string of the molecule is CCCCOC(=O)[C@H](C)N[P@@](=O)(Oc1ccccc1)OC1[C@@]2(C)O[C@@H](c3ccc4c(N)ncnn34)[C@H](OC(C)=O)[C@@]12OC(C)=O. The smallest absolute Gasteiger partial charge is 0.459 e. The van der Waals surface area contributed by atoms with Gasteiger partial charge < -0.3 is 29.2 Å². The molecule has 1 aliphatic heterocycles. The van der Waals surface area contributed by atoms with E-state index >= 15 is 0 Å². The summed E-state index contributed by atoms with van der Waals surface area (Å²) < 4.78 is 51.2. The predicted octanol–water partition coefficient (Wildman–Crippen LogP) is 3.28. The Morgan fingerprint density at radius 3 is 2.56 bits per heavy atom. The van der Waals surface area contributed by atoms with Crippen LogP contribution in [0.4, 0.5) is 5.82 Å². The van der Waals surface area contributed by atoms with E-state index in [4.69, 9.17) is 33.7 Å². The topological polar surface area (TPSA) is 192 Å². The summed E-state index contributed by atoms with van der Waals surface area (Å²) >= 11 is 0. The van der Waals surface area contributed by atoms with Gasteiger partial charge in [-0.3, -0.25) is 18.9 Å². The Morgan fingerprint density at radius 1 is 1.16 bits per heavy atom. The molecule has 16 heteroatoms. The number of benzene rings is 1. The van der Waals surface area contributed by atoms with Gasteiger partial charge in [-0.1, -0.05) is 31.5 Å². The second kappa shape index (κ2) is 12.4. The fourth-order valence-electron chi connectivity index (χ4n) is 5.62. The number of ether oxygens (including phenoxy) is 4.